The van der Waals surface area contributed by atoms with Gasteiger partial charge in [-0.05, 0) is 79.0 Å². The minimum absolute atomic E-state index is 0.134. The fourth-order valence-electron chi connectivity index (χ4n) is 7.70. The van der Waals surface area contributed by atoms with Gasteiger partial charge >= 0.3 is 5.97 Å². The van der Waals surface area contributed by atoms with Crippen LogP contribution in [0.2, 0.25) is 0 Å². The van der Waals surface area contributed by atoms with Gasteiger partial charge < -0.3 is 24.2 Å². The zero-order valence-electron chi connectivity index (χ0n) is 25.1. The van der Waals surface area contributed by atoms with Crippen LogP contribution < -0.4 is 9.64 Å². The number of piperidine rings is 1. The average molecular weight is 584 g/mol. The third-order valence-corrected chi connectivity index (χ3v) is 10.2. The van der Waals surface area contributed by atoms with E-state index in [-0.39, 0.29) is 12.0 Å². The van der Waals surface area contributed by atoms with Crippen LogP contribution in [0.25, 0.3) is 11.3 Å². The normalized spacial score (nSPS) is 25.3. The summed E-state index contributed by atoms with van der Waals surface area (Å²) in [6.45, 7) is 7.47. The van der Waals surface area contributed by atoms with E-state index in [1.807, 2.05) is 24.3 Å². The highest BCUT2D eigenvalue weighted by molar-refractivity contribution is 5.82. The summed E-state index contributed by atoms with van der Waals surface area (Å²) in [7, 11) is 1.63. The van der Waals surface area contributed by atoms with Crippen molar-refractivity contribution in [3.8, 4) is 17.0 Å². The standard InChI is InChI=1S/C35H41N3O5/c1-23-5-3-6-29(30-7-4-8-32(36-30)38-20-27-18-35(27,34(39)40)31(38)22-41-2)33(23)43-21-24-9-10-26-19-37(14-11-25(26)17-24)28-12-15-42-16-13-28/h3-10,17,27-28,31H,11-16,18-22H2,1-2H3,(H,39,40)/t27-,31+,35+/m1/s1. The number of hydrogen-bond acceptors (Lipinski definition) is 7. The predicted octanol–water partition coefficient (Wildman–Crippen LogP) is 5.10. The number of fused-ring (bicyclic) bond motifs is 2. The van der Waals surface area contributed by atoms with Crippen LogP contribution in [-0.4, -0.2) is 73.1 Å². The summed E-state index contributed by atoms with van der Waals surface area (Å²) in [6.07, 6.45) is 4.04. The van der Waals surface area contributed by atoms with Crippen molar-refractivity contribution in [3.63, 3.8) is 0 Å². The van der Waals surface area contributed by atoms with E-state index >= 15 is 0 Å². The lowest BCUT2D eigenvalue weighted by molar-refractivity contribution is -0.144. The van der Waals surface area contributed by atoms with Crippen LogP contribution in [0.5, 0.6) is 5.75 Å². The molecule has 1 aromatic heterocycles. The minimum atomic E-state index is -0.733. The van der Waals surface area contributed by atoms with Crippen molar-refractivity contribution in [2.75, 3.05) is 44.9 Å². The number of carboxylic acids is 1. The Balaban J connectivity index is 1.09. The van der Waals surface area contributed by atoms with Gasteiger partial charge in [-0.3, -0.25) is 9.69 Å². The maximum Gasteiger partial charge on any atom is 0.312 e. The SMILES string of the molecule is COC[C@@H]1N(c2cccc(-c3cccc(C)c3OCc3ccc4c(c3)CCN(C3CCOCC3)C4)n2)C[C@H]2C[C@]21C(=O)O. The van der Waals surface area contributed by atoms with Gasteiger partial charge in [0.15, 0.2) is 0 Å². The lowest BCUT2D eigenvalue weighted by Gasteiger charge is -2.37. The van der Waals surface area contributed by atoms with E-state index in [1.165, 1.54) is 16.7 Å². The maximum absolute atomic E-state index is 12.2. The fraction of sp³-hybridized carbons (Fsp3) is 0.486. The number of pyridine rings is 1. The van der Waals surface area contributed by atoms with E-state index in [0.29, 0.717) is 32.2 Å². The Morgan fingerprint density at radius 1 is 1.12 bits per heavy atom. The summed E-state index contributed by atoms with van der Waals surface area (Å²) >= 11 is 0. The summed E-state index contributed by atoms with van der Waals surface area (Å²) in [6, 6.07) is 19.3. The van der Waals surface area contributed by atoms with E-state index in [1.54, 1.807) is 7.11 Å². The number of methoxy groups -OCH3 is 1. The van der Waals surface area contributed by atoms with E-state index in [9.17, 15) is 9.90 Å². The lowest BCUT2D eigenvalue weighted by atomic mass is 9.95. The summed E-state index contributed by atoms with van der Waals surface area (Å²) < 4.78 is 17.6. The number of carbonyl (C=O) groups is 1. The monoisotopic (exact) mass is 583 g/mol. The number of para-hydroxylation sites is 1. The van der Waals surface area contributed by atoms with Gasteiger partial charge in [0.25, 0.3) is 0 Å². The van der Waals surface area contributed by atoms with E-state index in [4.69, 9.17) is 19.2 Å². The van der Waals surface area contributed by atoms with E-state index < -0.39 is 11.4 Å². The fourth-order valence-corrected chi connectivity index (χ4v) is 7.70. The molecule has 0 bridgehead atoms. The number of anilines is 1. The number of nitrogens with zero attached hydrogens (tertiary/aromatic N) is 3. The Kier molecular flexibility index (Phi) is 7.61. The molecule has 0 radical (unpaired) electrons. The molecular formula is C35H41N3O5. The van der Waals surface area contributed by atoms with Crippen molar-refractivity contribution in [3.05, 3.63) is 76.9 Å². The lowest BCUT2D eigenvalue weighted by Crippen LogP contribution is -2.43. The topological polar surface area (TPSA) is 84.4 Å². The number of carboxylic acid groups (broad SMARTS) is 1. The van der Waals surface area contributed by atoms with Crippen molar-refractivity contribution in [1.29, 1.82) is 0 Å². The Morgan fingerprint density at radius 2 is 1.95 bits per heavy atom. The Bertz CT molecular complexity index is 1500. The van der Waals surface area contributed by atoms with Gasteiger partial charge in [0, 0.05) is 51.6 Å². The molecule has 3 fully saturated rings. The number of aryl methyl sites for hydroxylation is 1. The van der Waals surface area contributed by atoms with Crippen molar-refractivity contribution in [1.82, 2.24) is 9.88 Å². The number of ether oxygens (including phenoxy) is 3. The number of hydrogen-bond donors (Lipinski definition) is 1. The third-order valence-electron chi connectivity index (χ3n) is 10.2. The second kappa shape index (κ2) is 11.6. The molecule has 0 spiro atoms. The molecule has 1 N–H and O–H groups in total. The first-order valence-corrected chi connectivity index (χ1v) is 15.6. The van der Waals surface area contributed by atoms with Gasteiger partial charge in [0.05, 0.1) is 23.8 Å². The molecule has 2 aromatic carbocycles. The molecule has 3 aromatic rings. The van der Waals surface area contributed by atoms with Crippen LogP contribution in [-0.2, 0) is 33.8 Å². The van der Waals surface area contributed by atoms with Crippen molar-refractivity contribution in [2.24, 2.45) is 11.3 Å². The molecule has 7 rings (SSSR count). The van der Waals surface area contributed by atoms with Crippen molar-refractivity contribution < 1.29 is 24.1 Å². The molecule has 0 unspecified atom stereocenters. The van der Waals surface area contributed by atoms with Gasteiger partial charge in [-0.1, -0.05) is 36.4 Å². The second-order valence-electron chi connectivity index (χ2n) is 12.7. The Hall–Kier alpha value is -3.46. The molecule has 226 valence electrons. The van der Waals surface area contributed by atoms with Gasteiger partial charge in [-0.2, -0.15) is 0 Å². The molecule has 4 aliphatic rings. The molecular weight excluding hydrogens is 542 g/mol. The molecule has 1 aliphatic carbocycles. The third kappa shape index (κ3) is 5.19. The highest BCUT2D eigenvalue weighted by Crippen LogP contribution is 2.62. The van der Waals surface area contributed by atoms with Crippen LogP contribution in [0.1, 0.15) is 41.5 Å². The van der Waals surface area contributed by atoms with Gasteiger partial charge in [0.1, 0.15) is 18.2 Å². The predicted molar refractivity (Wildman–Crippen MR) is 164 cm³/mol. The molecule has 3 aliphatic heterocycles. The Labute approximate surface area is 253 Å². The van der Waals surface area contributed by atoms with E-state index in [2.05, 4.69) is 47.1 Å². The molecule has 43 heavy (non-hydrogen) atoms. The largest absolute Gasteiger partial charge is 0.488 e. The Morgan fingerprint density at radius 3 is 2.77 bits per heavy atom. The molecule has 1 saturated carbocycles. The molecule has 4 heterocycles. The summed E-state index contributed by atoms with van der Waals surface area (Å²) in [5.74, 6) is 1.01. The first kappa shape index (κ1) is 28.3. The van der Waals surface area contributed by atoms with Crippen molar-refractivity contribution in [2.45, 2.75) is 57.8 Å². The zero-order chi connectivity index (χ0) is 29.6. The van der Waals surface area contributed by atoms with Crippen LogP contribution in [0.4, 0.5) is 5.82 Å². The second-order valence-corrected chi connectivity index (χ2v) is 12.7. The smallest absolute Gasteiger partial charge is 0.312 e. The first-order chi connectivity index (χ1) is 21.0. The number of aromatic nitrogens is 1. The molecule has 8 heteroatoms. The zero-order valence-corrected chi connectivity index (χ0v) is 25.1. The molecule has 8 nitrogen and oxygen atoms in total. The number of rotatable bonds is 9. The van der Waals surface area contributed by atoms with Crippen LogP contribution in [0.15, 0.2) is 54.6 Å². The molecule has 3 atom stereocenters. The minimum Gasteiger partial charge on any atom is -0.488 e. The molecule has 0 amide bonds. The number of aliphatic carboxylic acids is 1. The van der Waals surface area contributed by atoms with Gasteiger partial charge in [-0.25, -0.2) is 4.98 Å². The molecule has 2 saturated heterocycles. The maximum atomic E-state index is 12.2. The first-order valence-electron chi connectivity index (χ1n) is 15.6. The van der Waals surface area contributed by atoms with Crippen LogP contribution in [0.3, 0.4) is 0 Å². The summed E-state index contributed by atoms with van der Waals surface area (Å²) in [5, 5.41) is 10.0. The van der Waals surface area contributed by atoms with Crippen LogP contribution in [0, 0.1) is 18.3 Å². The quantitative estimate of drug-likeness (QED) is 0.373. The average Bonchev–Trinajstić information content (AvgIpc) is 3.69. The van der Waals surface area contributed by atoms with Crippen LogP contribution >= 0.6 is 0 Å². The summed E-state index contributed by atoms with van der Waals surface area (Å²) in [5.41, 5.74) is 6.10. The highest BCUT2D eigenvalue weighted by Gasteiger charge is 2.71. The van der Waals surface area contributed by atoms with Crippen molar-refractivity contribution >= 4 is 11.8 Å². The summed E-state index contributed by atoms with van der Waals surface area (Å²) in [4.78, 5) is 22.0. The van der Waals surface area contributed by atoms with E-state index in [0.717, 1.165) is 74.0 Å². The highest BCUT2D eigenvalue weighted by atomic mass is 16.5. The van der Waals surface area contributed by atoms with Gasteiger partial charge in [-0.15, -0.1) is 0 Å². The number of benzene rings is 2. The van der Waals surface area contributed by atoms with Gasteiger partial charge in [0.2, 0.25) is 0 Å².